The van der Waals surface area contributed by atoms with Gasteiger partial charge in [0.05, 0.1) is 23.9 Å². The third-order valence-corrected chi connectivity index (χ3v) is 9.01. The molecule has 0 aromatic rings. The first-order chi connectivity index (χ1) is 11.6. The maximum Gasteiger partial charge on any atom is 0.0763 e. The Morgan fingerprint density at radius 2 is 1.84 bits per heavy atom. The van der Waals surface area contributed by atoms with Crippen LogP contribution in [0.3, 0.4) is 0 Å². The van der Waals surface area contributed by atoms with Gasteiger partial charge in [-0.25, -0.2) is 0 Å². The molecular weight excluding hydrogens is 316 g/mol. The average molecular weight is 350 g/mol. The SMILES string of the molecule is C[C@@H](O)[C@H]1CC[C@]2(O)[C@H]3CC=C4C[C@@H](O)CC[C@]4(C)[C@H]3C[C@@H](O)[C@]12C. The highest BCUT2D eigenvalue weighted by Crippen LogP contribution is 2.68. The van der Waals surface area contributed by atoms with Gasteiger partial charge in [-0.05, 0) is 75.0 Å². The normalized spacial score (nSPS) is 56.4. The topological polar surface area (TPSA) is 80.9 Å². The van der Waals surface area contributed by atoms with Crippen LogP contribution < -0.4 is 0 Å². The Balaban J connectivity index is 1.76. The van der Waals surface area contributed by atoms with E-state index in [1.54, 1.807) is 6.92 Å². The van der Waals surface area contributed by atoms with E-state index in [-0.39, 0.29) is 29.3 Å². The highest BCUT2D eigenvalue weighted by Gasteiger charge is 2.69. The molecule has 4 aliphatic rings. The predicted molar refractivity (Wildman–Crippen MR) is 95.7 cm³/mol. The predicted octanol–water partition coefficient (Wildman–Crippen LogP) is 2.39. The minimum atomic E-state index is -0.919. The van der Waals surface area contributed by atoms with E-state index in [4.69, 9.17) is 0 Å². The van der Waals surface area contributed by atoms with E-state index in [9.17, 15) is 20.4 Å². The number of allylic oxidation sites excluding steroid dienone is 1. The molecule has 0 aromatic carbocycles. The summed E-state index contributed by atoms with van der Waals surface area (Å²) in [6.07, 6.45) is 6.35. The van der Waals surface area contributed by atoms with Crippen molar-refractivity contribution in [1.82, 2.24) is 0 Å². The average Bonchev–Trinajstić information content (AvgIpc) is 2.83. The summed E-state index contributed by atoms with van der Waals surface area (Å²) in [6.45, 7) is 6.08. The van der Waals surface area contributed by atoms with Crippen LogP contribution in [0.2, 0.25) is 0 Å². The van der Waals surface area contributed by atoms with Crippen molar-refractivity contribution < 1.29 is 20.4 Å². The lowest BCUT2D eigenvalue weighted by Crippen LogP contribution is -2.66. The molecule has 3 fully saturated rings. The molecule has 0 unspecified atom stereocenters. The summed E-state index contributed by atoms with van der Waals surface area (Å²) < 4.78 is 0. The summed E-state index contributed by atoms with van der Waals surface area (Å²) in [4.78, 5) is 0. The molecule has 0 aliphatic heterocycles. The van der Waals surface area contributed by atoms with Gasteiger partial charge < -0.3 is 20.4 Å². The molecule has 4 rings (SSSR count). The molecule has 3 saturated carbocycles. The van der Waals surface area contributed by atoms with Gasteiger partial charge in [-0.15, -0.1) is 0 Å². The summed E-state index contributed by atoms with van der Waals surface area (Å²) in [5.41, 5.74) is -0.253. The monoisotopic (exact) mass is 350 g/mol. The third-order valence-electron chi connectivity index (χ3n) is 9.01. The van der Waals surface area contributed by atoms with Crippen LogP contribution in [0.4, 0.5) is 0 Å². The molecule has 142 valence electrons. The van der Waals surface area contributed by atoms with Crippen molar-refractivity contribution in [2.45, 2.75) is 89.6 Å². The lowest BCUT2D eigenvalue weighted by atomic mass is 9.45. The zero-order chi connectivity index (χ0) is 18.2. The van der Waals surface area contributed by atoms with Gasteiger partial charge in [0, 0.05) is 5.41 Å². The van der Waals surface area contributed by atoms with Crippen molar-refractivity contribution in [1.29, 1.82) is 0 Å². The third kappa shape index (κ3) is 2.14. The highest BCUT2D eigenvalue weighted by molar-refractivity contribution is 5.29. The molecular formula is C21H34O4. The molecule has 0 amide bonds. The first-order valence-corrected chi connectivity index (χ1v) is 10.1. The highest BCUT2D eigenvalue weighted by atomic mass is 16.3. The van der Waals surface area contributed by atoms with E-state index in [1.165, 1.54) is 5.57 Å². The summed E-state index contributed by atoms with van der Waals surface area (Å²) >= 11 is 0. The summed E-state index contributed by atoms with van der Waals surface area (Å²) in [5, 5.41) is 43.4. The zero-order valence-electron chi connectivity index (χ0n) is 15.8. The Bertz CT molecular complexity index is 586. The van der Waals surface area contributed by atoms with E-state index in [0.717, 1.165) is 32.1 Å². The van der Waals surface area contributed by atoms with Gasteiger partial charge in [-0.2, -0.15) is 0 Å². The first-order valence-electron chi connectivity index (χ1n) is 10.1. The molecule has 4 nitrogen and oxygen atoms in total. The minimum Gasteiger partial charge on any atom is -0.393 e. The first kappa shape index (κ1) is 18.0. The van der Waals surface area contributed by atoms with E-state index in [1.807, 2.05) is 6.92 Å². The summed E-state index contributed by atoms with van der Waals surface area (Å²) in [6, 6.07) is 0. The van der Waals surface area contributed by atoms with Gasteiger partial charge >= 0.3 is 0 Å². The molecule has 0 radical (unpaired) electrons. The van der Waals surface area contributed by atoms with Crippen LogP contribution in [0.1, 0.15) is 65.7 Å². The molecule has 4 heteroatoms. The molecule has 4 N–H and O–H groups in total. The van der Waals surface area contributed by atoms with Crippen molar-refractivity contribution in [2.24, 2.45) is 28.6 Å². The van der Waals surface area contributed by atoms with Gasteiger partial charge in [0.2, 0.25) is 0 Å². The maximum absolute atomic E-state index is 11.9. The Hall–Kier alpha value is -0.420. The lowest BCUT2D eigenvalue weighted by molar-refractivity contribution is -0.232. The fourth-order valence-electron chi connectivity index (χ4n) is 7.40. The van der Waals surface area contributed by atoms with E-state index in [0.29, 0.717) is 12.8 Å². The smallest absolute Gasteiger partial charge is 0.0763 e. The molecule has 4 aliphatic carbocycles. The molecule has 25 heavy (non-hydrogen) atoms. The summed E-state index contributed by atoms with van der Waals surface area (Å²) in [7, 11) is 0. The Kier molecular flexibility index (Phi) is 3.98. The molecule has 0 spiro atoms. The van der Waals surface area contributed by atoms with Crippen LogP contribution >= 0.6 is 0 Å². The van der Waals surface area contributed by atoms with Crippen molar-refractivity contribution in [2.75, 3.05) is 0 Å². The quantitative estimate of drug-likeness (QED) is 0.548. The lowest BCUT2D eigenvalue weighted by Gasteiger charge is -2.63. The number of hydrogen-bond acceptors (Lipinski definition) is 4. The second kappa shape index (κ2) is 5.54. The van der Waals surface area contributed by atoms with Crippen LogP contribution in [0.5, 0.6) is 0 Å². The van der Waals surface area contributed by atoms with Crippen molar-refractivity contribution in [3.05, 3.63) is 11.6 Å². The van der Waals surface area contributed by atoms with Crippen molar-refractivity contribution >= 4 is 0 Å². The number of aliphatic hydroxyl groups excluding tert-OH is 3. The van der Waals surface area contributed by atoms with Crippen LogP contribution in [0.15, 0.2) is 11.6 Å². The fourth-order valence-corrected chi connectivity index (χ4v) is 7.40. The number of hydrogen-bond donors (Lipinski definition) is 4. The Morgan fingerprint density at radius 1 is 1.12 bits per heavy atom. The number of fused-ring (bicyclic) bond motifs is 5. The van der Waals surface area contributed by atoms with E-state index in [2.05, 4.69) is 13.0 Å². The Labute approximate surface area is 151 Å². The Morgan fingerprint density at radius 3 is 2.52 bits per heavy atom. The number of rotatable bonds is 1. The van der Waals surface area contributed by atoms with Crippen molar-refractivity contribution in [3.8, 4) is 0 Å². The molecule has 0 heterocycles. The van der Waals surface area contributed by atoms with Gasteiger partial charge in [0.1, 0.15) is 0 Å². The van der Waals surface area contributed by atoms with Gasteiger partial charge in [0.25, 0.3) is 0 Å². The molecule has 9 atom stereocenters. The second-order valence-electron chi connectivity index (χ2n) is 9.84. The molecule has 0 bridgehead atoms. The fraction of sp³-hybridized carbons (Fsp3) is 0.905. The van der Waals surface area contributed by atoms with E-state index >= 15 is 0 Å². The van der Waals surface area contributed by atoms with Gasteiger partial charge in [-0.1, -0.05) is 25.5 Å². The van der Waals surface area contributed by atoms with Gasteiger partial charge in [-0.3, -0.25) is 0 Å². The second-order valence-corrected chi connectivity index (χ2v) is 9.84. The summed E-state index contributed by atoms with van der Waals surface area (Å²) in [5.74, 6) is 0.328. The number of aliphatic hydroxyl groups is 4. The zero-order valence-corrected chi connectivity index (χ0v) is 15.8. The molecule has 0 aromatic heterocycles. The minimum absolute atomic E-state index is 0.0247. The van der Waals surface area contributed by atoms with Crippen LogP contribution in [0, 0.1) is 28.6 Å². The van der Waals surface area contributed by atoms with Crippen LogP contribution in [0.25, 0.3) is 0 Å². The maximum atomic E-state index is 11.9. The van der Waals surface area contributed by atoms with Gasteiger partial charge in [0.15, 0.2) is 0 Å². The standard InChI is InChI=1S/C21H34O4/c1-12(22)15-7-9-21(25)16-5-4-13-10-14(23)6-8-19(13,2)17(16)11-18(24)20(15,21)3/h4,12,14-18,22-25H,5-11H2,1-3H3/t12-,14+,15-,16+,17+,18-,19+,20+,21+/m1/s1. The van der Waals surface area contributed by atoms with E-state index < -0.39 is 23.2 Å². The largest absolute Gasteiger partial charge is 0.393 e. The van der Waals surface area contributed by atoms with Crippen LogP contribution in [-0.2, 0) is 0 Å². The van der Waals surface area contributed by atoms with Crippen LogP contribution in [-0.4, -0.2) is 44.3 Å². The molecule has 0 saturated heterocycles. The van der Waals surface area contributed by atoms with Crippen molar-refractivity contribution in [3.63, 3.8) is 0 Å².